The van der Waals surface area contributed by atoms with Gasteiger partial charge in [-0.15, -0.1) is 5.10 Å². The van der Waals surface area contributed by atoms with Crippen molar-refractivity contribution >= 4 is 17.5 Å². The average molecular weight is 309 g/mol. The molecule has 0 radical (unpaired) electrons. The molecule has 7 heteroatoms. The van der Waals surface area contributed by atoms with Gasteiger partial charge in [-0.1, -0.05) is 29.8 Å². The Labute approximate surface area is 127 Å². The van der Waals surface area contributed by atoms with Crippen molar-refractivity contribution < 1.29 is 9.90 Å². The standard InChI is InChI=1S/C14H17ClN4O2/c1-3-12-13(14(21)16-8-9(2)20)17-18-19(12)11-6-4-5-10(15)7-11/h4-7,9,20H,3,8H2,1-2H3,(H,16,21). The van der Waals surface area contributed by atoms with Gasteiger partial charge in [0, 0.05) is 11.6 Å². The Morgan fingerprint density at radius 2 is 2.29 bits per heavy atom. The molecule has 1 aromatic carbocycles. The first-order valence-corrected chi connectivity index (χ1v) is 7.07. The highest BCUT2D eigenvalue weighted by molar-refractivity contribution is 6.30. The van der Waals surface area contributed by atoms with Crippen molar-refractivity contribution in [3.8, 4) is 5.69 Å². The van der Waals surface area contributed by atoms with Crippen molar-refractivity contribution in [1.82, 2.24) is 20.3 Å². The zero-order valence-corrected chi connectivity index (χ0v) is 12.6. The third-order valence-electron chi connectivity index (χ3n) is 2.92. The second-order valence-electron chi connectivity index (χ2n) is 4.69. The summed E-state index contributed by atoms with van der Waals surface area (Å²) in [7, 11) is 0. The molecule has 0 bridgehead atoms. The van der Waals surface area contributed by atoms with Crippen LogP contribution in [0.1, 0.15) is 30.0 Å². The van der Waals surface area contributed by atoms with E-state index < -0.39 is 6.10 Å². The van der Waals surface area contributed by atoms with E-state index in [1.165, 1.54) is 0 Å². The van der Waals surface area contributed by atoms with Crippen molar-refractivity contribution in [2.45, 2.75) is 26.4 Å². The summed E-state index contributed by atoms with van der Waals surface area (Å²) in [6.07, 6.45) is -0.0151. The van der Waals surface area contributed by atoms with Gasteiger partial charge in [-0.05, 0) is 31.5 Å². The van der Waals surface area contributed by atoms with E-state index in [0.29, 0.717) is 17.1 Å². The molecular formula is C14H17ClN4O2. The van der Waals surface area contributed by atoms with E-state index in [1.807, 2.05) is 19.1 Å². The van der Waals surface area contributed by atoms with Gasteiger partial charge in [0.2, 0.25) is 0 Å². The van der Waals surface area contributed by atoms with Gasteiger partial charge in [0.05, 0.1) is 17.5 Å². The molecule has 112 valence electrons. The van der Waals surface area contributed by atoms with Gasteiger partial charge >= 0.3 is 0 Å². The Bertz CT molecular complexity index is 640. The van der Waals surface area contributed by atoms with Gasteiger partial charge < -0.3 is 10.4 Å². The summed E-state index contributed by atoms with van der Waals surface area (Å²) in [5.41, 5.74) is 1.71. The predicted molar refractivity (Wildman–Crippen MR) is 79.8 cm³/mol. The van der Waals surface area contributed by atoms with E-state index >= 15 is 0 Å². The van der Waals surface area contributed by atoms with Crippen molar-refractivity contribution in [3.63, 3.8) is 0 Å². The lowest BCUT2D eigenvalue weighted by molar-refractivity contribution is 0.0918. The summed E-state index contributed by atoms with van der Waals surface area (Å²) in [6, 6.07) is 7.18. The monoisotopic (exact) mass is 308 g/mol. The molecule has 2 rings (SSSR count). The summed E-state index contributed by atoms with van der Waals surface area (Å²) in [6.45, 7) is 3.70. The fourth-order valence-electron chi connectivity index (χ4n) is 1.93. The number of halogens is 1. The zero-order chi connectivity index (χ0) is 15.4. The van der Waals surface area contributed by atoms with Crippen molar-refractivity contribution in [2.75, 3.05) is 6.54 Å². The zero-order valence-electron chi connectivity index (χ0n) is 11.9. The fraction of sp³-hybridized carbons (Fsp3) is 0.357. The molecule has 0 aliphatic rings. The van der Waals surface area contributed by atoms with E-state index in [0.717, 1.165) is 5.69 Å². The molecule has 1 atom stereocenters. The number of aliphatic hydroxyl groups is 1. The van der Waals surface area contributed by atoms with Gasteiger partial charge in [-0.2, -0.15) is 0 Å². The van der Waals surface area contributed by atoms with Crippen LogP contribution in [0.3, 0.4) is 0 Å². The molecule has 0 saturated heterocycles. The van der Waals surface area contributed by atoms with Crippen LogP contribution in [-0.4, -0.2) is 38.7 Å². The first-order chi connectivity index (χ1) is 10.0. The fourth-order valence-corrected chi connectivity index (χ4v) is 2.12. The minimum absolute atomic E-state index is 0.173. The maximum atomic E-state index is 12.1. The summed E-state index contributed by atoms with van der Waals surface area (Å²) in [5, 5.41) is 20.4. The molecule has 6 nitrogen and oxygen atoms in total. The smallest absolute Gasteiger partial charge is 0.273 e. The lowest BCUT2D eigenvalue weighted by atomic mass is 10.2. The SMILES string of the molecule is CCc1c(C(=O)NCC(C)O)nnn1-c1cccc(Cl)c1. The highest BCUT2D eigenvalue weighted by atomic mass is 35.5. The number of benzene rings is 1. The number of carbonyl (C=O) groups is 1. The van der Waals surface area contributed by atoms with Crippen LogP contribution in [0.25, 0.3) is 5.69 Å². The van der Waals surface area contributed by atoms with Crippen LogP contribution in [0.5, 0.6) is 0 Å². The number of rotatable bonds is 5. The van der Waals surface area contributed by atoms with Crippen molar-refractivity contribution in [1.29, 1.82) is 0 Å². The normalized spacial score (nSPS) is 12.2. The van der Waals surface area contributed by atoms with E-state index in [2.05, 4.69) is 15.6 Å². The molecule has 2 N–H and O–H groups in total. The van der Waals surface area contributed by atoms with E-state index in [1.54, 1.807) is 23.7 Å². The molecule has 1 amide bonds. The number of aliphatic hydroxyl groups excluding tert-OH is 1. The lowest BCUT2D eigenvalue weighted by Gasteiger charge is -2.08. The summed E-state index contributed by atoms with van der Waals surface area (Å²) >= 11 is 5.98. The van der Waals surface area contributed by atoms with Gasteiger partial charge in [-0.25, -0.2) is 4.68 Å². The molecule has 0 saturated carbocycles. The van der Waals surface area contributed by atoms with Gasteiger partial charge in [0.1, 0.15) is 0 Å². The van der Waals surface area contributed by atoms with Crippen molar-refractivity contribution in [2.24, 2.45) is 0 Å². The number of aromatic nitrogens is 3. The van der Waals surface area contributed by atoms with E-state index in [-0.39, 0.29) is 18.1 Å². The maximum Gasteiger partial charge on any atom is 0.273 e. The van der Waals surface area contributed by atoms with Crippen LogP contribution in [0, 0.1) is 0 Å². The van der Waals surface area contributed by atoms with E-state index in [4.69, 9.17) is 11.6 Å². The van der Waals surface area contributed by atoms with Crippen LogP contribution in [-0.2, 0) is 6.42 Å². The third kappa shape index (κ3) is 3.59. The van der Waals surface area contributed by atoms with E-state index in [9.17, 15) is 9.90 Å². The number of hydrogen-bond donors (Lipinski definition) is 2. The third-order valence-corrected chi connectivity index (χ3v) is 3.16. The largest absolute Gasteiger partial charge is 0.392 e. The van der Waals surface area contributed by atoms with Crippen molar-refractivity contribution in [3.05, 3.63) is 40.7 Å². The number of carbonyl (C=O) groups excluding carboxylic acids is 1. The summed E-state index contributed by atoms with van der Waals surface area (Å²) in [5.74, 6) is -0.346. The number of nitrogens with zero attached hydrogens (tertiary/aromatic N) is 3. The minimum Gasteiger partial charge on any atom is -0.392 e. The summed E-state index contributed by atoms with van der Waals surface area (Å²) < 4.78 is 1.60. The van der Waals surface area contributed by atoms with Crippen LogP contribution in [0.2, 0.25) is 5.02 Å². The highest BCUT2D eigenvalue weighted by Crippen LogP contribution is 2.17. The molecule has 0 aliphatic carbocycles. The quantitative estimate of drug-likeness (QED) is 0.879. The van der Waals surface area contributed by atoms with Crippen LogP contribution in [0.4, 0.5) is 0 Å². The molecular weight excluding hydrogens is 292 g/mol. The van der Waals surface area contributed by atoms with Gasteiger partial charge in [-0.3, -0.25) is 4.79 Å². The minimum atomic E-state index is -0.609. The Morgan fingerprint density at radius 3 is 2.90 bits per heavy atom. The molecule has 21 heavy (non-hydrogen) atoms. The lowest BCUT2D eigenvalue weighted by Crippen LogP contribution is -2.31. The Kier molecular flexibility index (Phi) is 4.93. The first-order valence-electron chi connectivity index (χ1n) is 6.69. The number of hydrogen-bond acceptors (Lipinski definition) is 4. The molecule has 2 aromatic rings. The first kappa shape index (κ1) is 15.5. The van der Waals surface area contributed by atoms with Gasteiger partial charge in [0.15, 0.2) is 5.69 Å². The molecule has 1 unspecified atom stereocenters. The Balaban J connectivity index is 2.32. The highest BCUT2D eigenvalue weighted by Gasteiger charge is 2.19. The molecule has 1 heterocycles. The Morgan fingerprint density at radius 1 is 1.52 bits per heavy atom. The topological polar surface area (TPSA) is 80.0 Å². The Hall–Kier alpha value is -1.92. The molecule has 0 aliphatic heterocycles. The number of amides is 1. The average Bonchev–Trinajstić information content (AvgIpc) is 2.88. The van der Waals surface area contributed by atoms with Crippen LogP contribution >= 0.6 is 11.6 Å². The van der Waals surface area contributed by atoms with Gasteiger partial charge in [0.25, 0.3) is 5.91 Å². The molecule has 0 fully saturated rings. The van der Waals surface area contributed by atoms with Crippen LogP contribution in [0.15, 0.2) is 24.3 Å². The van der Waals surface area contributed by atoms with Crippen LogP contribution < -0.4 is 5.32 Å². The second kappa shape index (κ2) is 6.69. The molecule has 0 spiro atoms. The second-order valence-corrected chi connectivity index (χ2v) is 5.13. The number of nitrogens with one attached hydrogen (secondary N) is 1. The molecule has 1 aromatic heterocycles. The predicted octanol–water partition coefficient (Wildman–Crippen LogP) is 1.59. The maximum absolute atomic E-state index is 12.1. The summed E-state index contributed by atoms with van der Waals surface area (Å²) in [4.78, 5) is 12.1.